The zero-order valence-electron chi connectivity index (χ0n) is 11.0. The summed E-state index contributed by atoms with van der Waals surface area (Å²) in [6.07, 6.45) is 3.39. The van der Waals surface area contributed by atoms with Crippen molar-refractivity contribution in [1.82, 2.24) is 0 Å². The Bertz CT molecular complexity index is 457. The van der Waals surface area contributed by atoms with E-state index in [2.05, 4.69) is 55.5 Å². The molecule has 2 aromatic carbocycles. The molecule has 0 aliphatic heterocycles. The van der Waals surface area contributed by atoms with Crippen LogP contribution in [0.25, 0.3) is 11.1 Å². The molecule has 0 fully saturated rings. The Morgan fingerprint density at radius 1 is 0.889 bits per heavy atom. The summed E-state index contributed by atoms with van der Waals surface area (Å²) in [6.45, 7) is 2.07. The second kappa shape index (κ2) is 6.36. The summed E-state index contributed by atoms with van der Waals surface area (Å²) in [7, 11) is 0. The number of aryl methyl sites for hydroxylation is 1. The van der Waals surface area contributed by atoms with Crippen molar-refractivity contribution in [3.8, 4) is 11.1 Å². The van der Waals surface area contributed by atoms with Crippen LogP contribution in [0.3, 0.4) is 0 Å². The fraction of sp³-hybridized carbons (Fsp3) is 0.294. The molecule has 2 aromatic rings. The first-order chi connectivity index (χ1) is 8.75. The first kappa shape index (κ1) is 12.8. The number of benzene rings is 2. The molecule has 0 saturated carbocycles. The maximum atomic E-state index is 5.76. The highest BCUT2D eigenvalue weighted by atomic mass is 14.6. The number of hydrogen-bond donors (Lipinski definition) is 1. The fourth-order valence-corrected chi connectivity index (χ4v) is 2.12. The average Bonchev–Trinajstić information content (AvgIpc) is 2.40. The lowest BCUT2D eigenvalue weighted by molar-refractivity contribution is 0.624. The monoisotopic (exact) mass is 239 g/mol. The first-order valence-electron chi connectivity index (χ1n) is 6.65. The summed E-state index contributed by atoms with van der Waals surface area (Å²) in [5.74, 6) is 0. The lowest BCUT2D eigenvalue weighted by atomic mass is 10.0. The smallest absolute Gasteiger partial charge is 0.00105 e. The first-order valence-corrected chi connectivity index (χ1v) is 6.65. The van der Waals surface area contributed by atoms with Crippen LogP contribution in [0.2, 0.25) is 0 Å². The molecule has 0 bridgehead atoms. The second-order valence-electron chi connectivity index (χ2n) is 4.93. The number of nitrogens with two attached hydrogens (primary N) is 1. The van der Waals surface area contributed by atoms with E-state index in [9.17, 15) is 0 Å². The maximum Gasteiger partial charge on any atom is 0.00105 e. The van der Waals surface area contributed by atoms with Crippen LogP contribution in [0.15, 0.2) is 54.6 Å². The maximum absolute atomic E-state index is 5.76. The molecule has 18 heavy (non-hydrogen) atoms. The summed E-state index contributed by atoms with van der Waals surface area (Å²) >= 11 is 0. The normalized spacial score (nSPS) is 12.3. The fourth-order valence-electron chi connectivity index (χ4n) is 2.12. The SMILES string of the molecule is CC(N)CCCc1ccc(-c2ccccc2)cc1. The molecule has 0 radical (unpaired) electrons. The summed E-state index contributed by atoms with van der Waals surface area (Å²) in [5.41, 5.74) is 9.72. The van der Waals surface area contributed by atoms with Crippen LogP contribution in [0, 0.1) is 0 Å². The molecule has 0 aliphatic carbocycles. The van der Waals surface area contributed by atoms with Crippen molar-refractivity contribution in [3.63, 3.8) is 0 Å². The molecule has 2 N–H and O–H groups in total. The minimum absolute atomic E-state index is 0.314. The van der Waals surface area contributed by atoms with E-state index < -0.39 is 0 Å². The minimum atomic E-state index is 0.314. The molecule has 1 nitrogen and oxygen atoms in total. The number of hydrogen-bond acceptors (Lipinski definition) is 1. The van der Waals surface area contributed by atoms with Crippen molar-refractivity contribution in [2.45, 2.75) is 32.2 Å². The van der Waals surface area contributed by atoms with Crippen molar-refractivity contribution in [1.29, 1.82) is 0 Å². The summed E-state index contributed by atoms with van der Waals surface area (Å²) in [5, 5.41) is 0. The van der Waals surface area contributed by atoms with Gasteiger partial charge in [0.05, 0.1) is 0 Å². The number of rotatable bonds is 5. The van der Waals surface area contributed by atoms with E-state index in [-0.39, 0.29) is 0 Å². The average molecular weight is 239 g/mol. The molecule has 0 saturated heterocycles. The largest absolute Gasteiger partial charge is 0.328 e. The summed E-state index contributed by atoms with van der Waals surface area (Å²) < 4.78 is 0. The van der Waals surface area contributed by atoms with Gasteiger partial charge in [-0.1, -0.05) is 54.6 Å². The molecule has 0 amide bonds. The molecule has 2 rings (SSSR count). The highest BCUT2D eigenvalue weighted by Crippen LogP contribution is 2.19. The standard InChI is InChI=1S/C17H21N/c1-14(18)6-5-7-15-10-12-17(13-11-15)16-8-3-2-4-9-16/h2-4,8-14H,5-7,18H2,1H3. The van der Waals surface area contributed by atoms with Crippen LogP contribution in [0.5, 0.6) is 0 Å². The minimum Gasteiger partial charge on any atom is -0.328 e. The summed E-state index contributed by atoms with van der Waals surface area (Å²) in [4.78, 5) is 0. The van der Waals surface area contributed by atoms with Crippen LogP contribution in [0.1, 0.15) is 25.3 Å². The molecule has 0 spiro atoms. The molecular formula is C17H21N. The molecule has 0 aromatic heterocycles. The van der Waals surface area contributed by atoms with Gasteiger partial charge in [0.25, 0.3) is 0 Å². The van der Waals surface area contributed by atoms with Crippen LogP contribution < -0.4 is 5.73 Å². The summed E-state index contributed by atoms with van der Waals surface area (Å²) in [6, 6.07) is 19.7. The van der Waals surface area contributed by atoms with Crippen molar-refractivity contribution in [3.05, 3.63) is 60.2 Å². The predicted molar refractivity (Wildman–Crippen MR) is 78.5 cm³/mol. The quantitative estimate of drug-likeness (QED) is 0.837. The van der Waals surface area contributed by atoms with Gasteiger partial charge in [0, 0.05) is 6.04 Å². The third-order valence-electron chi connectivity index (χ3n) is 3.19. The zero-order valence-corrected chi connectivity index (χ0v) is 11.0. The van der Waals surface area contributed by atoms with Crippen molar-refractivity contribution >= 4 is 0 Å². The van der Waals surface area contributed by atoms with Gasteiger partial charge in [0.2, 0.25) is 0 Å². The van der Waals surface area contributed by atoms with Crippen LogP contribution in [-0.2, 0) is 6.42 Å². The van der Waals surface area contributed by atoms with Gasteiger partial charge >= 0.3 is 0 Å². The van der Waals surface area contributed by atoms with E-state index in [1.165, 1.54) is 23.1 Å². The van der Waals surface area contributed by atoms with E-state index in [0.29, 0.717) is 6.04 Å². The molecular weight excluding hydrogens is 218 g/mol. The van der Waals surface area contributed by atoms with Gasteiger partial charge in [0.1, 0.15) is 0 Å². The zero-order chi connectivity index (χ0) is 12.8. The Kier molecular flexibility index (Phi) is 4.54. The van der Waals surface area contributed by atoms with Gasteiger partial charge in [-0.2, -0.15) is 0 Å². The Labute approximate surface area is 110 Å². The van der Waals surface area contributed by atoms with Gasteiger partial charge in [-0.05, 0) is 42.9 Å². The lowest BCUT2D eigenvalue weighted by Crippen LogP contribution is -2.14. The topological polar surface area (TPSA) is 26.0 Å². The van der Waals surface area contributed by atoms with Gasteiger partial charge < -0.3 is 5.73 Å². The second-order valence-corrected chi connectivity index (χ2v) is 4.93. The Balaban J connectivity index is 1.98. The lowest BCUT2D eigenvalue weighted by Gasteiger charge is -2.06. The van der Waals surface area contributed by atoms with Crippen LogP contribution in [-0.4, -0.2) is 6.04 Å². The van der Waals surface area contributed by atoms with E-state index in [1.54, 1.807) is 0 Å². The molecule has 1 atom stereocenters. The van der Waals surface area contributed by atoms with Gasteiger partial charge in [-0.15, -0.1) is 0 Å². The van der Waals surface area contributed by atoms with Crippen molar-refractivity contribution in [2.24, 2.45) is 5.73 Å². The van der Waals surface area contributed by atoms with E-state index >= 15 is 0 Å². The van der Waals surface area contributed by atoms with Gasteiger partial charge in [-0.25, -0.2) is 0 Å². The van der Waals surface area contributed by atoms with Gasteiger partial charge in [0.15, 0.2) is 0 Å². The van der Waals surface area contributed by atoms with Gasteiger partial charge in [-0.3, -0.25) is 0 Å². The van der Waals surface area contributed by atoms with E-state index in [1.807, 2.05) is 6.07 Å². The third kappa shape index (κ3) is 3.71. The highest BCUT2D eigenvalue weighted by Gasteiger charge is 1.99. The molecule has 0 aliphatic rings. The van der Waals surface area contributed by atoms with E-state index in [4.69, 9.17) is 5.73 Å². The Morgan fingerprint density at radius 2 is 1.50 bits per heavy atom. The molecule has 1 heteroatoms. The molecule has 94 valence electrons. The molecule has 1 unspecified atom stereocenters. The highest BCUT2D eigenvalue weighted by molar-refractivity contribution is 5.63. The predicted octanol–water partition coefficient (Wildman–Crippen LogP) is 4.02. The third-order valence-corrected chi connectivity index (χ3v) is 3.19. The van der Waals surface area contributed by atoms with Crippen LogP contribution >= 0.6 is 0 Å². The molecule has 0 heterocycles. The van der Waals surface area contributed by atoms with Crippen LogP contribution in [0.4, 0.5) is 0 Å². The Morgan fingerprint density at radius 3 is 2.11 bits per heavy atom. The Hall–Kier alpha value is -1.60. The van der Waals surface area contributed by atoms with E-state index in [0.717, 1.165) is 12.8 Å². The van der Waals surface area contributed by atoms with Crippen molar-refractivity contribution in [2.75, 3.05) is 0 Å². The van der Waals surface area contributed by atoms with Crippen molar-refractivity contribution < 1.29 is 0 Å².